The molecule has 0 saturated carbocycles. The Kier molecular flexibility index (Phi) is 2.87. The Morgan fingerprint density at radius 3 is 2.17 bits per heavy atom. The van der Waals surface area contributed by atoms with Gasteiger partial charge in [0.2, 0.25) is 0 Å². The van der Waals surface area contributed by atoms with Gasteiger partial charge >= 0.3 is 0 Å². The lowest BCUT2D eigenvalue weighted by Crippen LogP contribution is -3.03. The topological polar surface area (TPSA) is 7.68 Å². The van der Waals surface area contributed by atoms with Gasteiger partial charge in [-0.1, -0.05) is 48.5 Å². The fourth-order valence-electron chi connectivity index (χ4n) is 2.38. The average molecular weight is 237 g/mol. The second kappa shape index (κ2) is 4.67. The third kappa shape index (κ3) is 2.03. The normalized spacial score (nSPS) is 18.8. The van der Waals surface area contributed by atoms with E-state index in [0.29, 0.717) is 0 Å². The fraction of sp³-hybridized carbons (Fsp3) is 0.125. The molecule has 2 aromatic carbocycles. The Labute approximate surface area is 108 Å². The van der Waals surface area contributed by atoms with E-state index >= 15 is 0 Å². The number of hydrogen-bond acceptors (Lipinski definition) is 1. The molecule has 0 bridgehead atoms. The molecule has 18 heavy (non-hydrogen) atoms. The van der Waals surface area contributed by atoms with Gasteiger partial charge in [0.1, 0.15) is 11.9 Å². The third-order valence-corrected chi connectivity index (χ3v) is 3.22. The predicted octanol–water partition coefficient (Wildman–Crippen LogP) is 1.98. The number of para-hydroxylation sites is 1. The summed E-state index contributed by atoms with van der Waals surface area (Å²) < 4.78 is 0. The molecule has 1 atom stereocenters. The second-order valence-electron chi connectivity index (χ2n) is 4.66. The molecule has 1 aliphatic rings. The molecule has 1 heterocycles. The summed E-state index contributed by atoms with van der Waals surface area (Å²) in [6.45, 7) is 0.980. The number of quaternary nitrogens is 1. The van der Waals surface area contributed by atoms with Crippen LogP contribution in [0.25, 0.3) is 5.70 Å². The highest BCUT2D eigenvalue weighted by Gasteiger charge is 2.24. The minimum absolute atomic E-state index is 0.980. The third-order valence-electron chi connectivity index (χ3n) is 3.22. The van der Waals surface area contributed by atoms with Crippen LogP contribution in [-0.2, 0) is 0 Å². The molecule has 90 valence electrons. The van der Waals surface area contributed by atoms with Gasteiger partial charge < -0.3 is 0 Å². The molecule has 0 aromatic heterocycles. The summed E-state index contributed by atoms with van der Waals surface area (Å²) in [6, 6.07) is 21.1. The van der Waals surface area contributed by atoms with E-state index < -0.39 is 0 Å². The SMILES string of the molecule is C[NH+]1C=C(c2ccccc2)N(c2ccccc2)C1. The van der Waals surface area contributed by atoms with E-state index in [9.17, 15) is 0 Å². The van der Waals surface area contributed by atoms with Crippen molar-refractivity contribution in [3.8, 4) is 0 Å². The van der Waals surface area contributed by atoms with Crippen molar-refractivity contribution in [3.05, 3.63) is 72.4 Å². The highest BCUT2D eigenvalue weighted by molar-refractivity contribution is 5.79. The van der Waals surface area contributed by atoms with Crippen molar-refractivity contribution in [3.63, 3.8) is 0 Å². The van der Waals surface area contributed by atoms with Crippen LogP contribution in [-0.4, -0.2) is 13.7 Å². The summed E-state index contributed by atoms with van der Waals surface area (Å²) in [5.41, 5.74) is 3.82. The van der Waals surface area contributed by atoms with Gasteiger partial charge in [0, 0.05) is 11.3 Å². The number of nitrogens with one attached hydrogen (secondary N) is 1. The van der Waals surface area contributed by atoms with Crippen LogP contribution in [0.3, 0.4) is 0 Å². The molecular formula is C16H17N2+. The van der Waals surface area contributed by atoms with Crippen molar-refractivity contribution >= 4 is 11.4 Å². The zero-order valence-electron chi connectivity index (χ0n) is 10.5. The van der Waals surface area contributed by atoms with E-state index in [4.69, 9.17) is 0 Å². The minimum atomic E-state index is 0.980. The highest BCUT2D eigenvalue weighted by atomic mass is 15.3. The van der Waals surface area contributed by atoms with Crippen molar-refractivity contribution < 1.29 is 4.90 Å². The molecule has 0 fully saturated rings. The molecule has 2 aromatic rings. The molecule has 1 unspecified atom stereocenters. The zero-order valence-corrected chi connectivity index (χ0v) is 10.5. The molecular weight excluding hydrogens is 220 g/mol. The van der Waals surface area contributed by atoms with Gasteiger partial charge in [0.15, 0.2) is 6.67 Å². The van der Waals surface area contributed by atoms with Crippen molar-refractivity contribution in [1.29, 1.82) is 0 Å². The first-order chi connectivity index (χ1) is 8.84. The Hall–Kier alpha value is -2.06. The first-order valence-corrected chi connectivity index (χ1v) is 6.27. The number of hydrogen-bond donors (Lipinski definition) is 1. The quantitative estimate of drug-likeness (QED) is 0.839. The number of rotatable bonds is 2. The average Bonchev–Trinajstić information content (AvgIpc) is 2.83. The van der Waals surface area contributed by atoms with E-state index in [1.54, 1.807) is 0 Å². The van der Waals surface area contributed by atoms with E-state index in [-0.39, 0.29) is 0 Å². The van der Waals surface area contributed by atoms with Crippen LogP contribution in [0.15, 0.2) is 66.9 Å². The Morgan fingerprint density at radius 2 is 1.50 bits per heavy atom. The van der Waals surface area contributed by atoms with Crippen LogP contribution >= 0.6 is 0 Å². The van der Waals surface area contributed by atoms with Crippen LogP contribution < -0.4 is 9.80 Å². The number of benzene rings is 2. The molecule has 0 radical (unpaired) electrons. The van der Waals surface area contributed by atoms with Gasteiger partial charge in [-0.15, -0.1) is 0 Å². The molecule has 3 rings (SSSR count). The molecule has 0 amide bonds. The standard InChI is InChI=1S/C16H16N2/c1-17-12-16(14-8-4-2-5-9-14)18(13-17)15-10-6-3-7-11-15/h2-12H,13H2,1H3/p+1. The minimum Gasteiger partial charge on any atom is -0.292 e. The fourth-order valence-corrected chi connectivity index (χ4v) is 2.38. The lowest BCUT2D eigenvalue weighted by molar-refractivity contribution is -0.817. The van der Waals surface area contributed by atoms with Crippen LogP contribution in [0.4, 0.5) is 5.69 Å². The molecule has 1 aliphatic heterocycles. The lowest BCUT2D eigenvalue weighted by Gasteiger charge is -2.19. The summed E-state index contributed by atoms with van der Waals surface area (Å²) in [4.78, 5) is 3.77. The molecule has 2 nitrogen and oxygen atoms in total. The summed E-state index contributed by atoms with van der Waals surface area (Å²) >= 11 is 0. The maximum Gasteiger partial charge on any atom is 0.161 e. The van der Waals surface area contributed by atoms with Gasteiger partial charge in [-0.3, -0.25) is 9.80 Å². The maximum absolute atomic E-state index is 2.37. The Bertz CT molecular complexity index is 546. The van der Waals surface area contributed by atoms with E-state index in [1.807, 2.05) is 0 Å². The molecule has 0 saturated heterocycles. The van der Waals surface area contributed by atoms with Crippen LogP contribution in [0.5, 0.6) is 0 Å². The van der Waals surface area contributed by atoms with E-state index in [2.05, 4.69) is 78.8 Å². The highest BCUT2D eigenvalue weighted by Crippen LogP contribution is 2.25. The van der Waals surface area contributed by atoms with Crippen molar-refractivity contribution in [2.45, 2.75) is 0 Å². The first-order valence-electron chi connectivity index (χ1n) is 6.27. The molecule has 0 spiro atoms. The molecule has 0 aliphatic carbocycles. The van der Waals surface area contributed by atoms with Crippen molar-refractivity contribution in [2.24, 2.45) is 0 Å². The Balaban J connectivity index is 1.99. The van der Waals surface area contributed by atoms with Gasteiger partial charge in [-0.05, 0) is 12.1 Å². The van der Waals surface area contributed by atoms with E-state index in [0.717, 1.165) is 6.67 Å². The van der Waals surface area contributed by atoms with Gasteiger partial charge in [0.25, 0.3) is 0 Å². The number of nitrogens with zero attached hydrogens (tertiary/aromatic N) is 1. The number of anilines is 1. The monoisotopic (exact) mass is 237 g/mol. The van der Waals surface area contributed by atoms with Crippen LogP contribution in [0.1, 0.15) is 5.56 Å². The summed E-state index contributed by atoms with van der Waals surface area (Å²) in [5.74, 6) is 0. The Morgan fingerprint density at radius 1 is 0.889 bits per heavy atom. The molecule has 1 N–H and O–H groups in total. The molecule has 2 heteroatoms. The van der Waals surface area contributed by atoms with Crippen LogP contribution in [0.2, 0.25) is 0 Å². The van der Waals surface area contributed by atoms with Gasteiger partial charge in [-0.25, -0.2) is 0 Å². The maximum atomic E-state index is 2.37. The second-order valence-corrected chi connectivity index (χ2v) is 4.66. The van der Waals surface area contributed by atoms with E-state index in [1.165, 1.54) is 21.8 Å². The van der Waals surface area contributed by atoms with Crippen LogP contribution in [0, 0.1) is 0 Å². The van der Waals surface area contributed by atoms with Crippen molar-refractivity contribution in [2.75, 3.05) is 18.6 Å². The van der Waals surface area contributed by atoms with Gasteiger partial charge in [-0.2, -0.15) is 0 Å². The van der Waals surface area contributed by atoms with Crippen molar-refractivity contribution in [1.82, 2.24) is 0 Å². The first kappa shape index (κ1) is 11.1. The zero-order chi connectivity index (χ0) is 12.4. The summed E-state index contributed by atoms with van der Waals surface area (Å²) in [5, 5.41) is 0. The predicted molar refractivity (Wildman–Crippen MR) is 75.1 cm³/mol. The largest absolute Gasteiger partial charge is 0.292 e. The summed E-state index contributed by atoms with van der Waals surface area (Å²) in [7, 11) is 2.19. The van der Waals surface area contributed by atoms with Gasteiger partial charge in [0.05, 0.1) is 7.05 Å². The summed E-state index contributed by atoms with van der Waals surface area (Å²) in [6.07, 6.45) is 2.28. The lowest BCUT2D eigenvalue weighted by atomic mass is 10.1. The smallest absolute Gasteiger partial charge is 0.161 e.